The van der Waals surface area contributed by atoms with Crippen LogP contribution in [0.25, 0.3) is 11.0 Å². The smallest absolute Gasteiger partial charge is 0.147 e. The van der Waals surface area contributed by atoms with E-state index in [4.69, 9.17) is 0 Å². The second-order valence-corrected chi connectivity index (χ2v) is 4.50. The molecule has 0 spiro atoms. The molecule has 1 aromatic heterocycles. The summed E-state index contributed by atoms with van der Waals surface area (Å²) in [5.74, 6) is 0.568. The first-order chi connectivity index (χ1) is 8.40. The Hall–Kier alpha value is -1.42. The Bertz CT molecular complexity index is 514. The van der Waals surface area contributed by atoms with Crippen LogP contribution < -0.4 is 5.32 Å². The summed E-state index contributed by atoms with van der Waals surface area (Å²) in [4.78, 5) is 4.37. The number of nitrogens with zero attached hydrogens (tertiary/aromatic N) is 2. The lowest BCUT2D eigenvalue weighted by atomic mass is 10.1. The fourth-order valence-electron chi connectivity index (χ4n) is 2.66. The summed E-state index contributed by atoms with van der Waals surface area (Å²) in [5.41, 5.74) is 1.96. The van der Waals surface area contributed by atoms with Gasteiger partial charge in [-0.05, 0) is 38.1 Å². The number of aromatic nitrogens is 2. The van der Waals surface area contributed by atoms with Gasteiger partial charge in [-0.25, -0.2) is 9.37 Å². The van der Waals surface area contributed by atoms with E-state index in [9.17, 15) is 4.39 Å². The minimum Gasteiger partial charge on any atom is -0.323 e. The highest BCUT2D eigenvalue weighted by atomic mass is 19.1. The van der Waals surface area contributed by atoms with Crippen molar-refractivity contribution < 1.29 is 4.39 Å². The summed E-state index contributed by atoms with van der Waals surface area (Å²) >= 11 is 0. The molecule has 3 rings (SSSR count). The Labute approximate surface area is 99.7 Å². The molecule has 1 aliphatic heterocycles. The quantitative estimate of drug-likeness (QED) is 0.863. The fraction of sp³-hybridized carbons (Fsp3) is 0.462. The average molecular weight is 233 g/mol. The third-order valence-corrected chi connectivity index (χ3v) is 3.46. The molecule has 90 valence electrons. The molecule has 4 heteroatoms. The second-order valence-electron chi connectivity index (χ2n) is 4.50. The number of hydrogen-bond acceptors (Lipinski definition) is 2. The van der Waals surface area contributed by atoms with Gasteiger partial charge in [0.05, 0.1) is 11.0 Å². The molecule has 0 radical (unpaired) electrons. The van der Waals surface area contributed by atoms with Crippen LogP contribution in [0.3, 0.4) is 0 Å². The normalized spacial score (nSPS) is 17.7. The molecule has 0 atom stereocenters. The molecule has 0 bridgehead atoms. The maximum atomic E-state index is 13.1. The Kier molecular flexibility index (Phi) is 2.81. The van der Waals surface area contributed by atoms with E-state index in [0.717, 1.165) is 37.0 Å². The highest BCUT2D eigenvalue weighted by Gasteiger charge is 2.20. The van der Waals surface area contributed by atoms with Gasteiger partial charge >= 0.3 is 0 Å². The molecule has 2 heterocycles. The Morgan fingerprint density at radius 3 is 2.82 bits per heavy atom. The number of hydrogen-bond donors (Lipinski definition) is 1. The Morgan fingerprint density at radius 2 is 2.06 bits per heavy atom. The highest BCUT2D eigenvalue weighted by Crippen LogP contribution is 2.27. The van der Waals surface area contributed by atoms with Gasteiger partial charge < -0.3 is 9.88 Å². The predicted molar refractivity (Wildman–Crippen MR) is 65.7 cm³/mol. The Morgan fingerprint density at radius 1 is 1.29 bits per heavy atom. The predicted octanol–water partition coefficient (Wildman–Crippen LogP) is 2.43. The van der Waals surface area contributed by atoms with Gasteiger partial charge in [0.15, 0.2) is 0 Å². The van der Waals surface area contributed by atoms with E-state index < -0.39 is 6.67 Å². The largest absolute Gasteiger partial charge is 0.323 e. The Balaban J connectivity index is 2.11. The van der Waals surface area contributed by atoms with Crippen molar-refractivity contribution in [2.45, 2.75) is 25.6 Å². The molecule has 0 unspecified atom stereocenters. The molecule has 17 heavy (non-hydrogen) atoms. The maximum absolute atomic E-state index is 13.1. The minimum absolute atomic E-state index is 0.384. The summed E-state index contributed by atoms with van der Waals surface area (Å²) in [7, 11) is 0. The van der Waals surface area contributed by atoms with Crippen molar-refractivity contribution in [2.75, 3.05) is 13.1 Å². The van der Waals surface area contributed by atoms with Gasteiger partial charge in [0.2, 0.25) is 0 Å². The SMILES string of the molecule is FCc1nc2ccccc2n1C1CCNCC1. The molecule has 1 aliphatic rings. The third kappa shape index (κ3) is 1.82. The second kappa shape index (κ2) is 4.45. The van der Waals surface area contributed by atoms with Crippen molar-refractivity contribution >= 4 is 11.0 Å². The lowest BCUT2D eigenvalue weighted by Crippen LogP contribution is -2.30. The number of alkyl halides is 1. The summed E-state index contributed by atoms with van der Waals surface area (Å²) in [5, 5.41) is 3.33. The topological polar surface area (TPSA) is 29.9 Å². The molecule has 0 amide bonds. The highest BCUT2D eigenvalue weighted by molar-refractivity contribution is 5.76. The van der Waals surface area contributed by atoms with Crippen molar-refractivity contribution in [3.63, 3.8) is 0 Å². The van der Waals surface area contributed by atoms with E-state index in [1.165, 1.54) is 0 Å². The minimum atomic E-state index is -0.487. The molecule has 1 fully saturated rings. The van der Waals surface area contributed by atoms with Gasteiger partial charge in [-0.3, -0.25) is 0 Å². The van der Waals surface area contributed by atoms with Crippen molar-refractivity contribution in [2.24, 2.45) is 0 Å². The molecule has 0 aliphatic carbocycles. The summed E-state index contributed by atoms with van der Waals surface area (Å²) in [6.45, 7) is 1.52. The molecular formula is C13H16FN3. The third-order valence-electron chi connectivity index (χ3n) is 3.46. The number of halogens is 1. The zero-order valence-corrected chi connectivity index (χ0v) is 9.69. The van der Waals surface area contributed by atoms with Crippen LogP contribution in [0.5, 0.6) is 0 Å². The van der Waals surface area contributed by atoms with Crippen LogP contribution in [0.15, 0.2) is 24.3 Å². The van der Waals surface area contributed by atoms with Gasteiger partial charge in [0, 0.05) is 6.04 Å². The summed E-state index contributed by atoms with van der Waals surface area (Å²) in [6.07, 6.45) is 2.10. The first kappa shape index (κ1) is 10.7. The van der Waals surface area contributed by atoms with Gasteiger partial charge in [-0.1, -0.05) is 12.1 Å². The van der Waals surface area contributed by atoms with E-state index >= 15 is 0 Å². The molecular weight excluding hydrogens is 217 g/mol. The number of benzene rings is 1. The van der Waals surface area contributed by atoms with Crippen LogP contribution in [0, 0.1) is 0 Å². The molecule has 0 saturated carbocycles. The lowest BCUT2D eigenvalue weighted by Gasteiger charge is -2.25. The number of rotatable bonds is 2. The first-order valence-corrected chi connectivity index (χ1v) is 6.12. The van der Waals surface area contributed by atoms with E-state index in [1.807, 2.05) is 24.3 Å². The van der Waals surface area contributed by atoms with Crippen molar-refractivity contribution in [3.05, 3.63) is 30.1 Å². The zero-order chi connectivity index (χ0) is 11.7. The van der Waals surface area contributed by atoms with Crippen LogP contribution in [-0.4, -0.2) is 22.6 Å². The number of fused-ring (bicyclic) bond motifs is 1. The summed E-state index contributed by atoms with van der Waals surface area (Å²) in [6, 6.07) is 8.30. The van der Waals surface area contributed by atoms with Gasteiger partial charge in [-0.2, -0.15) is 0 Å². The van der Waals surface area contributed by atoms with Crippen LogP contribution in [0.2, 0.25) is 0 Å². The van der Waals surface area contributed by atoms with E-state index in [2.05, 4.69) is 14.9 Å². The molecule has 2 aromatic rings. The number of imidazole rings is 1. The van der Waals surface area contributed by atoms with E-state index in [-0.39, 0.29) is 0 Å². The van der Waals surface area contributed by atoms with Crippen LogP contribution in [0.4, 0.5) is 4.39 Å². The van der Waals surface area contributed by atoms with Crippen LogP contribution >= 0.6 is 0 Å². The van der Waals surface area contributed by atoms with Crippen molar-refractivity contribution in [1.29, 1.82) is 0 Å². The number of piperidine rings is 1. The van der Waals surface area contributed by atoms with Crippen molar-refractivity contribution in [1.82, 2.24) is 14.9 Å². The number of para-hydroxylation sites is 2. The van der Waals surface area contributed by atoms with E-state index in [0.29, 0.717) is 11.9 Å². The zero-order valence-electron chi connectivity index (χ0n) is 9.69. The fourth-order valence-corrected chi connectivity index (χ4v) is 2.66. The molecule has 1 saturated heterocycles. The average Bonchev–Trinajstić information content (AvgIpc) is 2.78. The maximum Gasteiger partial charge on any atom is 0.147 e. The summed E-state index contributed by atoms with van der Waals surface area (Å²) < 4.78 is 15.2. The first-order valence-electron chi connectivity index (χ1n) is 6.12. The molecule has 1 N–H and O–H groups in total. The monoisotopic (exact) mass is 233 g/mol. The standard InChI is InChI=1S/C13H16FN3/c14-9-13-16-11-3-1-2-4-12(11)17(13)10-5-7-15-8-6-10/h1-4,10,15H,5-9H2. The lowest BCUT2D eigenvalue weighted by molar-refractivity contribution is 0.349. The van der Waals surface area contributed by atoms with Crippen molar-refractivity contribution in [3.8, 4) is 0 Å². The van der Waals surface area contributed by atoms with Gasteiger partial charge in [-0.15, -0.1) is 0 Å². The van der Waals surface area contributed by atoms with Crippen LogP contribution in [-0.2, 0) is 6.67 Å². The molecule has 1 aromatic carbocycles. The van der Waals surface area contributed by atoms with Gasteiger partial charge in [0.1, 0.15) is 12.5 Å². The molecule has 3 nitrogen and oxygen atoms in total. The van der Waals surface area contributed by atoms with Crippen LogP contribution in [0.1, 0.15) is 24.7 Å². The number of nitrogens with one attached hydrogen (secondary N) is 1. The van der Waals surface area contributed by atoms with E-state index in [1.54, 1.807) is 0 Å². The van der Waals surface area contributed by atoms with Gasteiger partial charge in [0.25, 0.3) is 0 Å².